The Morgan fingerprint density at radius 2 is 1.70 bits per heavy atom. The Labute approximate surface area is 193 Å². The summed E-state index contributed by atoms with van der Waals surface area (Å²) in [7, 11) is -3.81. The Kier molecular flexibility index (Phi) is 8.01. The van der Waals surface area contributed by atoms with Crippen molar-refractivity contribution in [1.29, 1.82) is 0 Å². The third kappa shape index (κ3) is 5.67. The topological polar surface area (TPSA) is 107 Å². The summed E-state index contributed by atoms with van der Waals surface area (Å²) >= 11 is 0. The molecule has 180 valence electrons. The third-order valence-electron chi connectivity index (χ3n) is 5.89. The van der Waals surface area contributed by atoms with E-state index in [4.69, 9.17) is 0 Å². The fourth-order valence-corrected chi connectivity index (χ4v) is 5.47. The number of sulfonamides is 1. The molecule has 0 radical (unpaired) electrons. The van der Waals surface area contributed by atoms with E-state index in [2.05, 4.69) is 0 Å². The Balaban J connectivity index is 1.71. The van der Waals surface area contributed by atoms with Gasteiger partial charge < -0.3 is 10.0 Å². The van der Waals surface area contributed by atoms with Crippen molar-refractivity contribution in [2.24, 2.45) is 0 Å². The molecule has 9 nitrogen and oxygen atoms in total. The van der Waals surface area contributed by atoms with Gasteiger partial charge in [0.15, 0.2) is 0 Å². The molecule has 0 bridgehead atoms. The molecule has 11 heteroatoms. The highest BCUT2D eigenvalue weighted by molar-refractivity contribution is 7.89. The maximum atomic E-state index is 13.1. The Hall–Kier alpha value is -2.60. The van der Waals surface area contributed by atoms with E-state index in [1.807, 2.05) is 9.80 Å². The van der Waals surface area contributed by atoms with Crippen molar-refractivity contribution in [2.75, 3.05) is 50.7 Å². The van der Waals surface area contributed by atoms with Crippen molar-refractivity contribution in [3.63, 3.8) is 0 Å². The number of rotatable bonds is 9. The number of nitrogens with zero attached hydrogens (tertiary/aromatic N) is 4. The van der Waals surface area contributed by atoms with Crippen molar-refractivity contribution < 1.29 is 22.8 Å². The molecule has 0 aromatic heterocycles. The van der Waals surface area contributed by atoms with Crippen LogP contribution in [0.25, 0.3) is 0 Å². The molecule has 0 spiro atoms. The first-order chi connectivity index (χ1) is 15.7. The van der Waals surface area contributed by atoms with Gasteiger partial charge in [0.05, 0.1) is 15.9 Å². The molecule has 1 aliphatic rings. The number of β-amino-alcohol motifs (C(OH)–C–C–N with tert-alkyl or cyclic N) is 1. The van der Waals surface area contributed by atoms with E-state index in [1.165, 1.54) is 28.6 Å². The lowest BCUT2D eigenvalue weighted by Crippen LogP contribution is -2.47. The maximum absolute atomic E-state index is 13.1. The lowest BCUT2D eigenvalue weighted by molar-refractivity contribution is -0.384. The largest absolute Gasteiger partial charge is 0.387 e. The molecule has 1 N–H and O–H groups in total. The standard InChI is InChI=1S/C22H29FN4O5S/c1-3-26(4-2)33(31,32)19-9-10-20(21(15-19)27(29)30)25-13-11-24(12-14-25)16-22(28)17-5-7-18(23)8-6-17/h5-10,15,22,28H,3-4,11-14,16H2,1-2H3/t22-/m0/s1. The first-order valence-corrected chi connectivity index (χ1v) is 12.3. The van der Waals surface area contributed by atoms with Gasteiger partial charge in [-0.25, -0.2) is 12.8 Å². The minimum atomic E-state index is -3.81. The Bertz CT molecular complexity index is 1070. The smallest absolute Gasteiger partial charge is 0.293 e. The number of aliphatic hydroxyl groups is 1. The number of hydrogen-bond acceptors (Lipinski definition) is 7. The van der Waals surface area contributed by atoms with Gasteiger partial charge in [0.1, 0.15) is 11.5 Å². The number of aliphatic hydroxyl groups excluding tert-OH is 1. The van der Waals surface area contributed by atoms with Crippen LogP contribution in [0.2, 0.25) is 0 Å². The lowest BCUT2D eigenvalue weighted by atomic mass is 10.1. The summed E-state index contributed by atoms with van der Waals surface area (Å²) in [6.45, 7) is 6.46. The van der Waals surface area contributed by atoms with E-state index < -0.39 is 21.1 Å². The molecular formula is C22H29FN4O5S. The molecule has 33 heavy (non-hydrogen) atoms. The molecule has 0 unspecified atom stereocenters. The summed E-state index contributed by atoms with van der Waals surface area (Å²) in [6, 6.07) is 9.76. The number of benzene rings is 2. The zero-order valence-corrected chi connectivity index (χ0v) is 19.5. The number of piperazine rings is 1. The van der Waals surface area contributed by atoms with Gasteiger partial charge in [-0.15, -0.1) is 0 Å². The molecule has 1 atom stereocenters. The average Bonchev–Trinajstić information content (AvgIpc) is 2.80. The van der Waals surface area contributed by atoms with Crippen LogP contribution in [-0.4, -0.2) is 73.5 Å². The SMILES string of the molecule is CCN(CC)S(=O)(=O)c1ccc(N2CCN(C[C@H](O)c3ccc(F)cc3)CC2)c([N+](=O)[O-])c1. The number of nitro benzene ring substituents is 1. The van der Waals surface area contributed by atoms with E-state index in [-0.39, 0.29) is 29.5 Å². The van der Waals surface area contributed by atoms with Gasteiger partial charge in [0.2, 0.25) is 10.0 Å². The van der Waals surface area contributed by atoms with Crippen molar-refractivity contribution in [3.8, 4) is 0 Å². The molecule has 0 saturated carbocycles. The van der Waals surface area contributed by atoms with Gasteiger partial charge in [-0.1, -0.05) is 26.0 Å². The first kappa shape index (κ1) is 25.0. The predicted molar refractivity (Wildman–Crippen MR) is 123 cm³/mol. The summed E-state index contributed by atoms with van der Waals surface area (Å²) in [5.41, 5.74) is 0.750. The molecule has 1 fully saturated rings. The van der Waals surface area contributed by atoms with E-state index in [9.17, 15) is 28.0 Å². The Morgan fingerprint density at radius 3 is 2.24 bits per heavy atom. The van der Waals surface area contributed by atoms with Gasteiger partial charge >= 0.3 is 0 Å². The summed E-state index contributed by atoms with van der Waals surface area (Å²) in [5, 5.41) is 22.2. The molecule has 1 heterocycles. The van der Waals surface area contributed by atoms with Gasteiger partial charge in [-0.05, 0) is 29.8 Å². The van der Waals surface area contributed by atoms with Crippen LogP contribution in [0.1, 0.15) is 25.5 Å². The van der Waals surface area contributed by atoms with Crippen LogP contribution in [0.15, 0.2) is 47.4 Å². The van der Waals surface area contributed by atoms with E-state index in [1.54, 1.807) is 26.0 Å². The fourth-order valence-electron chi connectivity index (χ4n) is 4.00. The third-order valence-corrected chi connectivity index (χ3v) is 7.93. The van der Waals surface area contributed by atoms with Crippen LogP contribution in [0, 0.1) is 15.9 Å². The van der Waals surface area contributed by atoms with Crippen LogP contribution in [-0.2, 0) is 10.0 Å². The van der Waals surface area contributed by atoms with Gasteiger partial charge in [-0.3, -0.25) is 15.0 Å². The van der Waals surface area contributed by atoms with E-state index in [0.717, 1.165) is 6.07 Å². The van der Waals surface area contributed by atoms with Crippen molar-refractivity contribution in [3.05, 3.63) is 64.0 Å². The van der Waals surface area contributed by atoms with Crippen molar-refractivity contribution in [2.45, 2.75) is 24.8 Å². The zero-order valence-electron chi connectivity index (χ0n) is 18.7. The second-order valence-electron chi connectivity index (χ2n) is 7.85. The molecule has 3 rings (SSSR count). The summed E-state index contributed by atoms with van der Waals surface area (Å²) in [4.78, 5) is 15.0. The highest BCUT2D eigenvalue weighted by Gasteiger charge is 2.29. The first-order valence-electron chi connectivity index (χ1n) is 10.9. The van der Waals surface area contributed by atoms with Crippen LogP contribution in [0.4, 0.5) is 15.8 Å². The molecule has 1 saturated heterocycles. The van der Waals surface area contributed by atoms with E-state index >= 15 is 0 Å². The summed E-state index contributed by atoms with van der Waals surface area (Å²) in [6.07, 6.45) is -0.768. The number of anilines is 1. The summed E-state index contributed by atoms with van der Waals surface area (Å²) in [5.74, 6) is -0.364. The van der Waals surface area contributed by atoms with Gasteiger partial charge in [0, 0.05) is 51.9 Å². The van der Waals surface area contributed by atoms with Crippen LogP contribution >= 0.6 is 0 Å². The molecule has 0 amide bonds. The second kappa shape index (κ2) is 10.6. The normalized spacial score (nSPS) is 16.2. The molecule has 0 aliphatic carbocycles. The number of nitro groups is 1. The minimum Gasteiger partial charge on any atom is -0.387 e. The monoisotopic (exact) mass is 480 g/mol. The van der Waals surface area contributed by atoms with Crippen LogP contribution < -0.4 is 4.90 Å². The van der Waals surface area contributed by atoms with Crippen LogP contribution in [0.3, 0.4) is 0 Å². The minimum absolute atomic E-state index is 0.0947. The highest BCUT2D eigenvalue weighted by Crippen LogP contribution is 2.32. The quantitative estimate of drug-likeness (QED) is 0.434. The van der Waals surface area contributed by atoms with Crippen molar-refractivity contribution >= 4 is 21.4 Å². The van der Waals surface area contributed by atoms with Crippen LogP contribution in [0.5, 0.6) is 0 Å². The number of hydrogen-bond donors (Lipinski definition) is 1. The molecule has 1 aliphatic heterocycles. The average molecular weight is 481 g/mol. The van der Waals surface area contributed by atoms with E-state index in [0.29, 0.717) is 44.0 Å². The highest BCUT2D eigenvalue weighted by atomic mass is 32.2. The van der Waals surface area contributed by atoms with Crippen molar-refractivity contribution in [1.82, 2.24) is 9.21 Å². The fraction of sp³-hybridized carbons (Fsp3) is 0.455. The Morgan fingerprint density at radius 1 is 1.09 bits per heavy atom. The maximum Gasteiger partial charge on any atom is 0.293 e. The molecular weight excluding hydrogens is 451 g/mol. The molecule has 2 aromatic rings. The number of halogens is 1. The second-order valence-corrected chi connectivity index (χ2v) is 9.79. The lowest BCUT2D eigenvalue weighted by Gasteiger charge is -2.36. The predicted octanol–water partition coefficient (Wildman–Crippen LogP) is 2.62. The molecule has 2 aromatic carbocycles. The van der Waals surface area contributed by atoms with Gasteiger partial charge in [0.25, 0.3) is 5.69 Å². The zero-order chi connectivity index (χ0) is 24.2. The summed E-state index contributed by atoms with van der Waals surface area (Å²) < 4.78 is 39.9. The van der Waals surface area contributed by atoms with Gasteiger partial charge in [-0.2, -0.15) is 4.31 Å².